The second kappa shape index (κ2) is 8.22. The number of carboxylic acid groups (broad SMARTS) is 1. The number of carbonyl (C=O) groups is 1. The van der Waals surface area contributed by atoms with Gasteiger partial charge in [-0.3, -0.25) is 0 Å². The van der Waals surface area contributed by atoms with Crippen molar-refractivity contribution in [2.45, 2.75) is 38.1 Å². The summed E-state index contributed by atoms with van der Waals surface area (Å²) in [5.74, 6) is 0.430. The van der Waals surface area contributed by atoms with Gasteiger partial charge < -0.3 is 24.2 Å². The Morgan fingerprint density at radius 3 is 2.39 bits per heavy atom. The Bertz CT molecular complexity index is 804. The van der Waals surface area contributed by atoms with Crippen LogP contribution in [0, 0.1) is 0 Å². The van der Waals surface area contributed by atoms with Gasteiger partial charge in [0.1, 0.15) is 5.75 Å². The minimum absolute atomic E-state index is 0.140. The molecule has 0 atom stereocenters. The van der Waals surface area contributed by atoms with E-state index in [1.807, 2.05) is 0 Å². The van der Waals surface area contributed by atoms with Gasteiger partial charge in [0.15, 0.2) is 17.1 Å². The molecule has 28 heavy (non-hydrogen) atoms. The minimum Gasteiger partial charge on any atom is -0.497 e. The van der Waals surface area contributed by atoms with Crippen molar-refractivity contribution < 1.29 is 19.2 Å². The lowest BCUT2D eigenvalue weighted by atomic mass is 9.99. The lowest BCUT2D eigenvalue weighted by molar-refractivity contribution is 0.0697. The fraction of sp³-hybridized carbons (Fsp3) is 0.524. The highest BCUT2D eigenvalue weighted by Gasteiger charge is 2.31. The van der Waals surface area contributed by atoms with Crippen LogP contribution in [0.2, 0.25) is 0 Å². The Hall–Kier alpha value is -2.54. The van der Waals surface area contributed by atoms with Crippen LogP contribution in [0.25, 0.3) is 11.3 Å². The number of aromatic carboxylic acids is 1. The maximum Gasteiger partial charge on any atom is 0.343 e. The van der Waals surface area contributed by atoms with Crippen molar-refractivity contribution in [3.05, 3.63) is 29.8 Å². The molecule has 4 rings (SSSR count). The summed E-state index contributed by atoms with van der Waals surface area (Å²) in [6.07, 6.45) is 5.98. The lowest BCUT2D eigenvalue weighted by Gasteiger charge is -2.40. The maximum atomic E-state index is 12.0. The zero-order valence-corrected chi connectivity index (χ0v) is 16.3. The molecule has 0 unspecified atom stereocenters. The van der Waals surface area contributed by atoms with E-state index in [4.69, 9.17) is 9.26 Å². The van der Waals surface area contributed by atoms with Crippen molar-refractivity contribution in [2.75, 3.05) is 38.2 Å². The van der Waals surface area contributed by atoms with Crippen molar-refractivity contribution >= 4 is 11.8 Å². The molecule has 2 saturated heterocycles. The summed E-state index contributed by atoms with van der Waals surface area (Å²) < 4.78 is 10.7. The summed E-state index contributed by atoms with van der Waals surface area (Å²) in [7, 11) is 1.59. The van der Waals surface area contributed by atoms with Gasteiger partial charge >= 0.3 is 5.97 Å². The van der Waals surface area contributed by atoms with Crippen LogP contribution in [0.3, 0.4) is 0 Å². The van der Waals surface area contributed by atoms with E-state index in [1.165, 1.54) is 32.4 Å². The monoisotopic (exact) mass is 385 g/mol. The van der Waals surface area contributed by atoms with Gasteiger partial charge in [-0.25, -0.2) is 4.79 Å². The first kappa shape index (κ1) is 18.8. The third-order valence-electron chi connectivity index (χ3n) is 5.91. The van der Waals surface area contributed by atoms with Crippen LogP contribution in [0.1, 0.15) is 42.5 Å². The number of ether oxygens (including phenoxy) is 1. The number of piperidine rings is 2. The van der Waals surface area contributed by atoms with Gasteiger partial charge in [-0.15, -0.1) is 0 Å². The number of benzene rings is 1. The Balaban J connectivity index is 1.52. The molecule has 3 heterocycles. The van der Waals surface area contributed by atoms with Gasteiger partial charge in [0.05, 0.1) is 7.11 Å². The molecule has 7 nitrogen and oxygen atoms in total. The van der Waals surface area contributed by atoms with Gasteiger partial charge in [-0.1, -0.05) is 11.6 Å². The van der Waals surface area contributed by atoms with E-state index in [0.29, 0.717) is 28.9 Å². The van der Waals surface area contributed by atoms with Crippen molar-refractivity contribution in [3.63, 3.8) is 0 Å². The maximum absolute atomic E-state index is 12.0. The molecule has 0 aliphatic carbocycles. The second-order valence-corrected chi connectivity index (χ2v) is 7.56. The van der Waals surface area contributed by atoms with E-state index >= 15 is 0 Å². The molecule has 7 heteroatoms. The fourth-order valence-corrected chi connectivity index (χ4v) is 4.36. The van der Waals surface area contributed by atoms with Gasteiger partial charge in [0, 0.05) is 24.7 Å². The minimum atomic E-state index is -1.01. The number of nitrogens with zero attached hydrogens (tertiary/aromatic N) is 3. The third-order valence-corrected chi connectivity index (χ3v) is 5.91. The molecule has 0 amide bonds. The number of hydrogen-bond acceptors (Lipinski definition) is 6. The summed E-state index contributed by atoms with van der Waals surface area (Å²) in [6.45, 7) is 3.99. The molecule has 1 aromatic carbocycles. The number of aromatic nitrogens is 1. The van der Waals surface area contributed by atoms with E-state index in [0.717, 1.165) is 25.9 Å². The average molecular weight is 385 g/mol. The molecule has 2 fully saturated rings. The van der Waals surface area contributed by atoms with Crippen molar-refractivity contribution in [2.24, 2.45) is 0 Å². The van der Waals surface area contributed by atoms with Crippen molar-refractivity contribution in [1.82, 2.24) is 10.1 Å². The van der Waals surface area contributed by atoms with Gasteiger partial charge in [-0.2, -0.15) is 0 Å². The van der Waals surface area contributed by atoms with E-state index in [2.05, 4.69) is 15.0 Å². The first-order valence-electron chi connectivity index (χ1n) is 10.0. The first-order valence-corrected chi connectivity index (χ1v) is 10.0. The molecule has 1 N–H and O–H groups in total. The molecular weight excluding hydrogens is 358 g/mol. The molecule has 0 radical (unpaired) electrons. The molecule has 150 valence electrons. The third kappa shape index (κ3) is 3.71. The van der Waals surface area contributed by atoms with Crippen LogP contribution in [0.4, 0.5) is 5.82 Å². The number of methoxy groups -OCH3 is 1. The molecule has 0 bridgehead atoms. The summed E-state index contributed by atoms with van der Waals surface area (Å²) in [5, 5.41) is 14.0. The van der Waals surface area contributed by atoms with Crippen LogP contribution in [-0.2, 0) is 0 Å². The number of hydrogen-bond donors (Lipinski definition) is 1. The molecule has 2 aliphatic rings. The predicted molar refractivity (Wildman–Crippen MR) is 106 cm³/mol. The second-order valence-electron chi connectivity index (χ2n) is 7.56. The Kier molecular flexibility index (Phi) is 5.52. The smallest absolute Gasteiger partial charge is 0.343 e. The molecule has 1 aromatic heterocycles. The van der Waals surface area contributed by atoms with E-state index in [1.54, 1.807) is 31.4 Å². The van der Waals surface area contributed by atoms with Crippen LogP contribution in [0.5, 0.6) is 5.75 Å². The van der Waals surface area contributed by atoms with Crippen molar-refractivity contribution in [3.8, 4) is 17.1 Å². The summed E-state index contributed by atoms with van der Waals surface area (Å²) in [4.78, 5) is 16.7. The number of anilines is 1. The number of carboxylic acids is 1. The normalized spacial score (nSPS) is 19.0. The largest absolute Gasteiger partial charge is 0.497 e. The van der Waals surface area contributed by atoms with Crippen LogP contribution in [-0.4, -0.2) is 60.5 Å². The highest BCUT2D eigenvalue weighted by Crippen LogP contribution is 2.34. The highest BCUT2D eigenvalue weighted by molar-refractivity contribution is 5.99. The lowest BCUT2D eigenvalue weighted by Crippen LogP contribution is -2.47. The Labute approximate surface area is 164 Å². The standard InChI is InChI=1S/C21H27N3O4/c1-27-17-7-5-15(6-8-17)19-18(21(25)26)20(22-28-19)24-13-9-16(10-14-24)23-11-3-2-4-12-23/h5-8,16H,2-4,9-14H2,1H3,(H,25,26). The molecule has 0 saturated carbocycles. The SMILES string of the molecule is COc1ccc(-c2onc(N3CCC(N4CCCCC4)CC3)c2C(=O)O)cc1. The molecule has 0 spiro atoms. The van der Waals surface area contributed by atoms with Gasteiger partial charge in [0.25, 0.3) is 0 Å². The van der Waals surface area contributed by atoms with E-state index < -0.39 is 5.97 Å². The summed E-state index contributed by atoms with van der Waals surface area (Å²) in [5.41, 5.74) is 0.821. The van der Waals surface area contributed by atoms with Gasteiger partial charge in [0.2, 0.25) is 0 Å². The number of likely N-dealkylation sites (tertiary alicyclic amines) is 1. The Morgan fingerprint density at radius 2 is 1.79 bits per heavy atom. The average Bonchev–Trinajstić information content (AvgIpc) is 3.20. The van der Waals surface area contributed by atoms with E-state index in [9.17, 15) is 9.90 Å². The topological polar surface area (TPSA) is 79.0 Å². The summed E-state index contributed by atoms with van der Waals surface area (Å²) in [6, 6.07) is 7.74. The molecule has 2 aliphatic heterocycles. The molecular formula is C21H27N3O4. The zero-order chi connectivity index (χ0) is 19.5. The number of rotatable bonds is 5. The van der Waals surface area contributed by atoms with E-state index in [-0.39, 0.29) is 5.56 Å². The highest BCUT2D eigenvalue weighted by atomic mass is 16.5. The van der Waals surface area contributed by atoms with Crippen LogP contribution < -0.4 is 9.64 Å². The van der Waals surface area contributed by atoms with Gasteiger partial charge in [-0.05, 0) is 63.0 Å². The fourth-order valence-electron chi connectivity index (χ4n) is 4.36. The van der Waals surface area contributed by atoms with Crippen molar-refractivity contribution in [1.29, 1.82) is 0 Å². The quantitative estimate of drug-likeness (QED) is 0.844. The Morgan fingerprint density at radius 1 is 1.11 bits per heavy atom. The van der Waals surface area contributed by atoms with Crippen LogP contribution in [0.15, 0.2) is 28.8 Å². The first-order chi connectivity index (χ1) is 13.7. The molecule has 2 aromatic rings. The zero-order valence-electron chi connectivity index (χ0n) is 16.3. The predicted octanol–water partition coefficient (Wildman–Crippen LogP) is 3.50. The van der Waals surface area contributed by atoms with Crippen LogP contribution >= 0.6 is 0 Å². The summed E-state index contributed by atoms with van der Waals surface area (Å²) >= 11 is 0.